The Labute approximate surface area is 156 Å². The van der Waals surface area contributed by atoms with Gasteiger partial charge >= 0.3 is 0 Å². The molecule has 7 heteroatoms. The normalized spacial score (nSPS) is 23.3. The van der Waals surface area contributed by atoms with Crippen molar-refractivity contribution in [2.75, 3.05) is 39.9 Å². The average molecular weight is 373 g/mol. The lowest BCUT2D eigenvalue weighted by molar-refractivity contribution is -0.146. The molecule has 2 aliphatic rings. The number of nitrogens with zero attached hydrogens (tertiary/aromatic N) is 3. The predicted molar refractivity (Wildman–Crippen MR) is 100 cm³/mol. The van der Waals surface area contributed by atoms with Gasteiger partial charge in [0.2, 0.25) is 5.91 Å². The molecule has 0 saturated carbocycles. The summed E-state index contributed by atoms with van der Waals surface area (Å²) in [6.45, 7) is 3.14. The highest BCUT2D eigenvalue weighted by Crippen LogP contribution is 2.40. The Kier molecular flexibility index (Phi) is 4.67. The zero-order chi connectivity index (χ0) is 18.1. The quantitative estimate of drug-likeness (QED) is 0.826. The summed E-state index contributed by atoms with van der Waals surface area (Å²) in [5.41, 5.74) is 2.98. The maximum Gasteiger partial charge on any atom is 0.253 e. The van der Waals surface area contributed by atoms with Crippen molar-refractivity contribution in [3.63, 3.8) is 0 Å². The van der Waals surface area contributed by atoms with Crippen LogP contribution < -0.4 is 0 Å². The van der Waals surface area contributed by atoms with Crippen molar-refractivity contribution >= 4 is 33.4 Å². The van der Waals surface area contributed by atoms with Crippen molar-refractivity contribution in [2.24, 2.45) is 5.41 Å². The summed E-state index contributed by atoms with van der Waals surface area (Å²) in [4.78, 5) is 34.0. The first-order chi connectivity index (χ1) is 12.6. The van der Waals surface area contributed by atoms with Crippen LogP contribution >= 0.6 is 11.3 Å². The molecule has 26 heavy (non-hydrogen) atoms. The van der Waals surface area contributed by atoms with E-state index in [4.69, 9.17) is 4.74 Å². The van der Waals surface area contributed by atoms with Crippen LogP contribution in [0.25, 0.3) is 10.2 Å². The molecule has 1 aromatic heterocycles. The number of thiazole rings is 1. The number of ether oxygens (including phenoxy) is 1. The van der Waals surface area contributed by atoms with Crippen LogP contribution in [0.2, 0.25) is 0 Å². The Hall–Kier alpha value is -1.99. The Bertz CT molecular complexity index is 836. The minimum Gasteiger partial charge on any atom is -0.383 e. The maximum absolute atomic E-state index is 13.0. The summed E-state index contributed by atoms with van der Waals surface area (Å²) in [6.07, 6.45) is 2.61. The summed E-state index contributed by atoms with van der Waals surface area (Å²) in [6, 6.07) is 5.64. The molecule has 4 rings (SSSR count). The summed E-state index contributed by atoms with van der Waals surface area (Å²) in [5, 5.41) is 0. The van der Waals surface area contributed by atoms with Crippen LogP contribution in [0.3, 0.4) is 0 Å². The van der Waals surface area contributed by atoms with Gasteiger partial charge in [0.1, 0.15) is 0 Å². The van der Waals surface area contributed by atoms with E-state index in [1.807, 2.05) is 28.0 Å². The summed E-state index contributed by atoms with van der Waals surface area (Å²) < 4.78 is 6.14. The molecule has 6 nitrogen and oxygen atoms in total. The van der Waals surface area contributed by atoms with E-state index in [2.05, 4.69) is 4.98 Å². The molecule has 1 aromatic carbocycles. The van der Waals surface area contributed by atoms with Crippen molar-refractivity contribution in [1.29, 1.82) is 0 Å². The van der Waals surface area contributed by atoms with Gasteiger partial charge in [-0.15, -0.1) is 11.3 Å². The van der Waals surface area contributed by atoms with Crippen LogP contribution in [0.1, 0.15) is 29.6 Å². The Morgan fingerprint density at radius 1 is 1.35 bits per heavy atom. The van der Waals surface area contributed by atoms with Crippen LogP contribution in [0, 0.1) is 5.41 Å². The fourth-order valence-electron chi connectivity index (χ4n) is 4.16. The Balaban J connectivity index is 1.50. The largest absolute Gasteiger partial charge is 0.383 e. The van der Waals surface area contributed by atoms with E-state index in [9.17, 15) is 9.59 Å². The van der Waals surface area contributed by atoms with Gasteiger partial charge in [0, 0.05) is 38.9 Å². The molecule has 2 aromatic rings. The first-order valence-electron chi connectivity index (χ1n) is 9.04. The number of piperidine rings is 1. The second-order valence-corrected chi connectivity index (χ2v) is 8.07. The molecule has 1 spiro atoms. The van der Waals surface area contributed by atoms with Crippen LogP contribution in [0.5, 0.6) is 0 Å². The van der Waals surface area contributed by atoms with E-state index >= 15 is 0 Å². The number of hydrogen-bond donors (Lipinski definition) is 0. The SMILES string of the molecule is COCCN1CCC[C@@]2(CCN(C(=O)c3ccc4ncsc4c3)C2)C1=O. The van der Waals surface area contributed by atoms with E-state index in [1.165, 1.54) is 11.3 Å². The number of methoxy groups -OCH3 is 1. The zero-order valence-corrected chi connectivity index (χ0v) is 15.8. The molecule has 3 heterocycles. The van der Waals surface area contributed by atoms with E-state index in [-0.39, 0.29) is 11.8 Å². The van der Waals surface area contributed by atoms with E-state index < -0.39 is 5.41 Å². The summed E-state index contributed by atoms with van der Waals surface area (Å²) in [7, 11) is 1.65. The second-order valence-electron chi connectivity index (χ2n) is 7.18. The molecule has 138 valence electrons. The van der Waals surface area contributed by atoms with E-state index in [0.717, 1.165) is 36.0 Å². The first-order valence-corrected chi connectivity index (χ1v) is 9.92. The summed E-state index contributed by atoms with van der Waals surface area (Å²) >= 11 is 1.54. The van der Waals surface area contributed by atoms with Gasteiger partial charge < -0.3 is 14.5 Å². The van der Waals surface area contributed by atoms with Crippen molar-refractivity contribution in [3.8, 4) is 0 Å². The third-order valence-electron chi connectivity index (χ3n) is 5.61. The molecule has 1 atom stereocenters. The Morgan fingerprint density at radius 3 is 3.08 bits per heavy atom. The molecule has 2 fully saturated rings. The number of aromatic nitrogens is 1. The van der Waals surface area contributed by atoms with Crippen molar-refractivity contribution < 1.29 is 14.3 Å². The maximum atomic E-state index is 13.0. The third-order valence-corrected chi connectivity index (χ3v) is 6.40. The van der Waals surface area contributed by atoms with Gasteiger partial charge in [-0.25, -0.2) is 4.98 Å². The number of fused-ring (bicyclic) bond motifs is 1. The van der Waals surface area contributed by atoms with Crippen LogP contribution in [0.15, 0.2) is 23.7 Å². The number of carbonyl (C=O) groups excluding carboxylic acids is 2. The monoisotopic (exact) mass is 373 g/mol. The summed E-state index contributed by atoms with van der Waals surface area (Å²) in [5.74, 6) is 0.202. The molecular formula is C19H23N3O3S. The highest BCUT2D eigenvalue weighted by Gasteiger charge is 2.49. The lowest BCUT2D eigenvalue weighted by atomic mass is 9.78. The second kappa shape index (κ2) is 6.96. The zero-order valence-electron chi connectivity index (χ0n) is 14.9. The number of rotatable bonds is 4. The van der Waals surface area contributed by atoms with E-state index in [1.54, 1.807) is 12.6 Å². The third kappa shape index (κ3) is 2.99. The minimum atomic E-state index is -0.407. The lowest BCUT2D eigenvalue weighted by Crippen LogP contribution is -2.51. The van der Waals surface area contributed by atoms with E-state index in [0.29, 0.717) is 31.8 Å². The van der Waals surface area contributed by atoms with Gasteiger partial charge in [0.25, 0.3) is 5.91 Å². The fourth-order valence-corrected chi connectivity index (χ4v) is 4.88. The molecule has 2 saturated heterocycles. The molecule has 2 aliphatic heterocycles. The van der Waals surface area contributed by atoms with Crippen molar-refractivity contribution in [2.45, 2.75) is 19.3 Å². The average Bonchev–Trinajstić information content (AvgIpc) is 3.29. The predicted octanol–water partition coefficient (Wildman–Crippen LogP) is 2.40. The van der Waals surface area contributed by atoms with Gasteiger partial charge in [-0.2, -0.15) is 0 Å². The number of hydrogen-bond acceptors (Lipinski definition) is 5. The number of amides is 2. The molecule has 0 unspecified atom stereocenters. The van der Waals surface area contributed by atoms with Crippen LogP contribution in [0.4, 0.5) is 0 Å². The van der Waals surface area contributed by atoms with Gasteiger partial charge in [-0.1, -0.05) is 0 Å². The van der Waals surface area contributed by atoms with Gasteiger partial charge in [-0.3, -0.25) is 9.59 Å². The van der Waals surface area contributed by atoms with Gasteiger partial charge in [0.15, 0.2) is 0 Å². The van der Waals surface area contributed by atoms with Gasteiger partial charge in [0.05, 0.1) is 27.7 Å². The minimum absolute atomic E-state index is 0.0130. The molecule has 0 N–H and O–H groups in total. The lowest BCUT2D eigenvalue weighted by Gasteiger charge is -2.39. The van der Waals surface area contributed by atoms with Crippen molar-refractivity contribution in [1.82, 2.24) is 14.8 Å². The highest BCUT2D eigenvalue weighted by molar-refractivity contribution is 7.16. The smallest absolute Gasteiger partial charge is 0.253 e. The van der Waals surface area contributed by atoms with Gasteiger partial charge in [-0.05, 0) is 37.5 Å². The Morgan fingerprint density at radius 2 is 2.23 bits per heavy atom. The molecule has 0 radical (unpaired) electrons. The highest BCUT2D eigenvalue weighted by atomic mass is 32.1. The standard InChI is InChI=1S/C19H23N3O3S/c1-25-10-9-21-7-2-5-19(18(21)24)6-8-22(12-19)17(23)14-3-4-15-16(11-14)26-13-20-15/h3-4,11,13H,2,5-10,12H2,1H3/t19-/m0/s1. The molecule has 2 amide bonds. The van der Waals surface area contributed by atoms with Crippen LogP contribution in [-0.4, -0.2) is 66.5 Å². The number of likely N-dealkylation sites (tertiary alicyclic amines) is 2. The molecule has 0 aliphatic carbocycles. The number of benzene rings is 1. The number of carbonyl (C=O) groups is 2. The molecular weight excluding hydrogens is 350 g/mol. The van der Waals surface area contributed by atoms with Crippen molar-refractivity contribution in [3.05, 3.63) is 29.3 Å². The fraction of sp³-hybridized carbons (Fsp3) is 0.526. The van der Waals surface area contributed by atoms with Crippen LogP contribution in [-0.2, 0) is 9.53 Å². The topological polar surface area (TPSA) is 62.7 Å². The molecule has 0 bridgehead atoms. The first kappa shape index (κ1) is 17.4.